The van der Waals surface area contributed by atoms with Gasteiger partial charge < -0.3 is 10.6 Å². The molecule has 0 radical (unpaired) electrons. The molecule has 1 aliphatic rings. The lowest BCUT2D eigenvalue weighted by Crippen LogP contribution is -2.36. The molecule has 0 spiro atoms. The predicted molar refractivity (Wildman–Crippen MR) is 130 cm³/mol. The van der Waals surface area contributed by atoms with Gasteiger partial charge in [-0.1, -0.05) is 36.6 Å². The summed E-state index contributed by atoms with van der Waals surface area (Å²) in [6, 6.07) is 13.1. The number of anilines is 2. The molecule has 1 heterocycles. The lowest BCUT2D eigenvalue weighted by Gasteiger charge is -2.20. The van der Waals surface area contributed by atoms with Crippen molar-refractivity contribution >= 4 is 44.8 Å². The van der Waals surface area contributed by atoms with Crippen LogP contribution in [0.3, 0.4) is 0 Å². The maximum Gasteiger partial charge on any atom is 0.243 e. The monoisotopic (exact) mass is 492 g/mol. The number of nitrogens with one attached hydrogen (secondary N) is 2. The maximum absolute atomic E-state index is 12.9. The molecule has 0 unspecified atom stereocenters. The van der Waals surface area contributed by atoms with Gasteiger partial charge in [0.05, 0.1) is 28.7 Å². The van der Waals surface area contributed by atoms with Crippen LogP contribution in [0.1, 0.15) is 25.7 Å². The highest BCUT2D eigenvalue weighted by Crippen LogP contribution is 2.22. The van der Waals surface area contributed by atoms with E-state index in [1.807, 2.05) is 0 Å². The molecule has 1 fully saturated rings. The van der Waals surface area contributed by atoms with Crippen LogP contribution in [-0.4, -0.2) is 62.7 Å². The van der Waals surface area contributed by atoms with Gasteiger partial charge in [-0.05, 0) is 56.3 Å². The van der Waals surface area contributed by atoms with Crippen molar-refractivity contribution < 1.29 is 18.0 Å². The van der Waals surface area contributed by atoms with Crippen LogP contribution in [-0.2, 0) is 19.6 Å². The molecule has 0 aromatic heterocycles. The van der Waals surface area contributed by atoms with Crippen LogP contribution in [0.25, 0.3) is 0 Å². The van der Waals surface area contributed by atoms with E-state index in [0.29, 0.717) is 29.5 Å². The van der Waals surface area contributed by atoms with Gasteiger partial charge in [0.2, 0.25) is 21.8 Å². The molecule has 2 aromatic carbocycles. The fraction of sp³-hybridized carbons (Fsp3) is 0.391. The summed E-state index contributed by atoms with van der Waals surface area (Å²) in [5.74, 6) is -0.604. The molecular formula is C23H29ClN4O4S. The van der Waals surface area contributed by atoms with Gasteiger partial charge in [0, 0.05) is 18.8 Å². The largest absolute Gasteiger partial charge is 0.325 e. The minimum absolute atomic E-state index is 0.00561. The first kappa shape index (κ1) is 25.2. The maximum atomic E-state index is 12.9. The fourth-order valence-corrected chi connectivity index (χ4v) is 5.34. The molecule has 3 rings (SSSR count). The number of likely N-dealkylation sites (N-methyl/N-ethyl adjacent to an activating group) is 1. The fourth-order valence-electron chi connectivity index (χ4n) is 3.64. The summed E-state index contributed by atoms with van der Waals surface area (Å²) >= 11 is 6.04. The van der Waals surface area contributed by atoms with Gasteiger partial charge in [0.1, 0.15) is 0 Å². The van der Waals surface area contributed by atoms with E-state index in [9.17, 15) is 18.0 Å². The summed E-state index contributed by atoms with van der Waals surface area (Å²) in [5, 5.41) is 5.88. The Bertz CT molecular complexity index is 1070. The SMILES string of the molecule is CN(CC(=O)Nc1ccc(S(=O)(=O)N2CCCCCC2)cc1)CC(=O)Nc1ccccc1Cl. The Labute approximate surface area is 200 Å². The van der Waals surface area contributed by atoms with Gasteiger partial charge in [0.15, 0.2) is 0 Å². The van der Waals surface area contributed by atoms with Crippen LogP contribution in [0.15, 0.2) is 53.4 Å². The quantitative estimate of drug-likeness (QED) is 0.588. The van der Waals surface area contributed by atoms with Gasteiger partial charge in [0.25, 0.3) is 0 Å². The normalized spacial score (nSPS) is 15.1. The summed E-state index contributed by atoms with van der Waals surface area (Å²) in [6.07, 6.45) is 3.84. The number of sulfonamides is 1. The Kier molecular flexibility index (Phi) is 8.85. The zero-order valence-electron chi connectivity index (χ0n) is 18.6. The number of para-hydroxylation sites is 1. The highest BCUT2D eigenvalue weighted by molar-refractivity contribution is 7.89. The molecule has 0 saturated carbocycles. The van der Waals surface area contributed by atoms with E-state index in [-0.39, 0.29) is 29.8 Å². The zero-order valence-corrected chi connectivity index (χ0v) is 20.2. The van der Waals surface area contributed by atoms with Crippen LogP contribution in [0, 0.1) is 0 Å². The van der Waals surface area contributed by atoms with Crippen molar-refractivity contribution in [1.82, 2.24) is 9.21 Å². The molecule has 0 bridgehead atoms. The lowest BCUT2D eigenvalue weighted by atomic mass is 10.2. The van der Waals surface area contributed by atoms with E-state index >= 15 is 0 Å². The first-order valence-electron chi connectivity index (χ1n) is 10.9. The van der Waals surface area contributed by atoms with E-state index in [2.05, 4.69) is 10.6 Å². The minimum Gasteiger partial charge on any atom is -0.325 e. The first-order chi connectivity index (χ1) is 15.8. The molecule has 2 N–H and O–H groups in total. The van der Waals surface area contributed by atoms with E-state index in [0.717, 1.165) is 25.7 Å². The van der Waals surface area contributed by atoms with Crippen LogP contribution in [0.4, 0.5) is 11.4 Å². The number of hydrogen-bond donors (Lipinski definition) is 2. The Morgan fingerprint density at radius 1 is 0.909 bits per heavy atom. The van der Waals surface area contributed by atoms with Gasteiger partial charge in [-0.3, -0.25) is 14.5 Å². The van der Waals surface area contributed by atoms with Crippen molar-refractivity contribution in [2.24, 2.45) is 0 Å². The minimum atomic E-state index is -3.53. The van der Waals surface area contributed by atoms with Crippen molar-refractivity contribution in [1.29, 1.82) is 0 Å². The molecule has 0 atom stereocenters. The Hall–Kier alpha value is -2.46. The number of hydrogen-bond acceptors (Lipinski definition) is 5. The Balaban J connectivity index is 1.50. The van der Waals surface area contributed by atoms with Crippen LogP contribution >= 0.6 is 11.6 Å². The van der Waals surface area contributed by atoms with Crippen LogP contribution < -0.4 is 10.6 Å². The van der Waals surface area contributed by atoms with Gasteiger partial charge in [-0.15, -0.1) is 0 Å². The zero-order chi connectivity index (χ0) is 23.8. The molecule has 2 amide bonds. The van der Waals surface area contributed by atoms with Crippen molar-refractivity contribution in [2.45, 2.75) is 30.6 Å². The van der Waals surface area contributed by atoms with Crippen molar-refractivity contribution in [3.8, 4) is 0 Å². The number of carbonyl (C=O) groups is 2. The van der Waals surface area contributed by atoms with Crippen molar-refractivity contribution in [3.05, 3.63) is 53.6 Å². The third kappa shape index (κ3) is 7.26. The van der Waals surface area contributed by atoms with Crippen LogP contribution in [0.5, 0.6) is 0 Å². The number of rotatable bonds is 8. The average Bonchev–Trinajstić information content (AvgIpc) is 3.06. The van der Waals surface area contributed by atoms with E-state index in [1.165, 1.54) is 16.4 Å². The molecule has 8 nitrogen and oxygen atoms in total. The first-order valence-corrected chi connectivity index (χ1v) is 12.7. The summed E-state index contributed by atoms with van der Waals surface area (Å²) in [7, 11) is -1.88. The van der Waals surface area contributed by atoms with E-state index in [4.69, 9.17) is 11.6 Å². The van der Waals surface area contributed by atoms with Crippen molar-refractivity contribution in [2.75, 3.05) is 43.9 Å². The third-order valence-corrected chi connectivity index (χ3v) is 7.56. The topological polar surface area (TPSA) is 98.8 Å². The Morgan fingerprint density at radius 3 is 2.09 bits per heavy atom. The van der Waals surface area contributed by atoms with Crippen molar-refractivity contribution in [3.63, 3.8) is 0 Å². The molecule has 2 aromatic rings. The molecule has 178 valence electrons. The van der Waals surface area contributed by atoms with Gasteiger partial charge in [-0.25, -0.2) is 8.42 Å². The standard InChI is InChI=1S/C23H29ClN4O4S/c1-27(17-23(30)26-21-9-5-4-8-20(21)24)16-22(29)25-18-10-12-19(13-11-18)33(31,32)28-14-6-2-3-7-15-28/h4-5,8-13H,2-3,6-7,14-17H2,1H3,(H,25,29)(H,26,30). The highest BCUT2D eigenvalue weighted by atomic mass is 35.5. The second-order valence-electron chi connectivity index (χ2n) is 8.09. The smallest absolute Gasteiger partial charge is 0.243 e. The highest BCUT2D eigenvalue weighted by Gasteiger charge is 2.25. The predicted octanol–water partition coefficient (Wildman–Crippen LogP) is 3.41. The van der Waals surface area contributed by atoms with Crippen LogP contribution in [0.2, 0.25) is 5.02 Å². The molecule has 0 aliphatic carbocycles. The van der Waals surface area contributed by atoms with E-state index < -0.39 is 10.0 Å². The molecule has 10 heteroatoms. The average molecular weight is 493 g/mol. The van der Waals surface area contributed by atoms with Gasteiger partial charge in [-0.2, -0.15) is 4.31 Å². The lowest BCUT2D eigenvalue weighted by molar-refractivity contribution is -0.119. The summed E-state index contributed by atoms with van der Waals surface area (Å²) < 4.78 is 27.3. The molecular weight excluding hydrogens is 464 g/mol. The number of amides is 2. The molecule has 33 heavy (non-hydrogen) atoms. The second kappa shape index (κ2) is 11.6. The number of nitrogens with zero attached hydrogens (tertiary/aromatic N) is 2. The van der Waals surface area contributed by atoms with Gasteiger partial charge >= 0.3 is 0 Å². The number of benzene rings is 2. The summed E-state index contributed by atoms with van der Waals surface area (Å²) in [6.45, 7) is 1.07. The number of halogens is 1. The third-order valence-electron chi connectivity index (χ3n) is 5.32. The second-order valence-corrected chi connectivity index (χ2v) is 10.4. The number of carbonyl (C=O) groups excluding carboxylic acids is 2. The molecule has 1 saturated heterocycles. The summed E-state index contributed by atoms with van der Waals surface area (Å²) in [4.78, 5) is 26.3. The Morgan fingerprint density at radius 2 is 1.48 bits per heavy atom. The molecule has 1 aliphatic heterocycles. The summed E-state index contributed by atoms with van der Waals surface area (Å²) in [5.41, 5.74) is 1.00. The van der Waals surface area contributed by atoms with E-state index in [1.54, 1.807) is 48.3 Å².